The molecule has 2 N–H and O–H groups in total. The fourth-order valence-electron chi connectivity index (χ4n) is 3.65. The number of benzene rings is 1. The van der Waals surface area contributed by atoms with Gasteiger partial charge < -0.3 is 20.1 Å². The summed E-state index contributed by atoms with van der Waals surface area (Å²) in [4.78, 5) is 29.2. The second-order valence-corrected chi connectivity index (χ2v) is 9.51. The van der Waals surface area contributed by atoms with Crippen molar-refractivity contribution in [3.05, 3.63) is 41.6 Å². The van der Waals surface area contributed by atoms with Crippen molar-refractivity contribution in [1.29, 1.82) is 0 Å². The van der Waals surface area contributed by atoms with Crippen LogP contribution in [-0.4, -0.2) is 43.8 Å². The van der Waals surface area contributed by atoms with E-state index < -0.39 is 17.5 Å². The van der Waals surface area contributed by atoms with E-state index in [9.17, 15) is 9.18 Å². The fourth-order valence-corrected chi connectivity index (χ4v) is 3.83. The second kappa shape index (κ2) is 9.92. The summed E-state index contributed by atoms with van der Waals surface area (Å²) >= 11 is 5.87. The average molecular weight is 489 g/mol. The summed E-state index contributed by atoms with van der Waals surface area (Å²) in [6.45, 7) is 5.50. The van der Waals surface area contributed by atoms with E-state index in [-0.39, 0.29) is 23.2 Å². The van der Waals surface area contributed by atoms with Crippen molar-refractivity contribution in [3.8, 4) is 6.01 Å². The fraction of sp³-hybridized carbons (Fsp3) is 0.435. The number of ether oxygens (including phenoxy) is 2. The number of nitrogens with zero attached hydrogens (tertiary/aromatic N) is 4. The highest BCUT2D eigenvalue weighted by Gasteiger charge is 2.26. The van der Waals surface area contributed by atoms with Gasteiger partial charge in [-0.2, -0.15) is 4.98 Å². The van der Waals surface area contributed by atoms with E-state index in [0.717, 1.165) is 25.7 Å². The number of nitrogens with one attached hydrogen (secondary N) is 2. The van der Waals surface area contributed by atoms with Gasteiger partial charge in [0.2, 0.25) is 0 Å². The molecule has 0 atom stereocenters. The molecule has 1 aromatic carbocycles. The van der Waals surface area contributed by atoms with Gasteiger partial charge in [0.15, 0.2) is 5.82 Å². The van der Waals surface area contributed by atoms with Gasteiger partial charge in [-0.25, -0.2) is 24.1 Å². The molecule has 180 valence electrons. The molecular formula is C23H26ClFN6O3. The van der Waals surface area contributed by atoms with Gasteiger partial charge in [-0.05, 0) is 64.7 Å². The van der Waals surface area contributed by atoms with Crippen molar-refractivity contribution in [3.63, 3.8) is 0 Å². The first-order valence-electron chi connectivity index (χ1n) is 11.0. The molecule has 2 heterocycles. The normalized spacial score (nSPS) is 18.4. The number of alkyl carbamates (subject to hydrolysis) is 1. The summed E-state index contributed by atoms with van der Waals surface area (Å²) in [5, 5.41) is 6.00. The smallest absolute Gasteiger partial charge is 0.407 e. The average Bonchev–Trinajstić information content (AvgIpc) is 2.77. The summed E-state index contributed by atoms with van der Waals surface area (Å²) in [5.41, 5.74) is 1.03. The first-order chi connectivity index (χ1) is 16.2. The Hall–Kier alpha value is -3.27. The number of amides is 1. The van der Waals surface area contributed by atoms with Crippen molar-refractivity contribution in [2.45, 2.75) is 64.2 Å². The molecule has 1 aliphatic carbocycles. The Balaban J connectivity index is 1.40. The Labute approximate surface area is 201 Å². The molecule has 1 saturated carbocycles. The van der Waals surface area contributed by atoms with Crippen LogP contribution in [-0.2, 0) is 4.74 Å². The van der Waals surface area contributed by atoms with Crippen molar-refractivity contribution in [2.24, 2.45) is 0 Å². The molecule has 0 spiro atoms. The second-order valence-electron chi connectivity index (χ2n) is 9.10. The number of halogens is 2. The minimum absolute atomic E-state index is 0.00114. The molecule has 0 aliphatic heterocycles. The van der Waals surface area contributed by atoms with Crippen LogP contribution in [0.25, 0.3) is 11.0 Å². The number of anilines is 2. The van der Waals surface area contributed by atoms with Crippen molar-refractivity contribution < 1.29 is 18.7 Å². The predicted molar refractivity (Wildman–Crippen MR) is 126 cm³/mol. The number of hydrogen-bond donors (Lipinski definition) is 2. The van der Waals surface area contributed by atoms with Crippen molar-refractivity contribution in [2.75, 3.05) is 5.32 Å². The summed E-state index contributed by atoms with van der Waals surface area (Å²) in [5.74, 6) is -0.0843. The highest BCUT2D eigenvalue weighted by Crippen LogP contribution is 2.27. The Kier molecular flexibility index (Phi) is 6.97. The van der Waals surface area contributed by atoms with Gasteiger partial charge in [0.1, 0.15) is 34.9 Å². The van der Waals surface area contributed by atoms with Gasteiger partial charge in [-0.15, -0.1) is 0 Å². The lowest BCUT2D eigenvalue weighted by molar-refractivity contribution is 0.0468. The van der Waals surface area contributed by atoms with E-state index in [0.29, 0.717) is 22.5 Å². The van der Waals surface area contributed by atoms with Crippen LogP contribution in [0.1, 0.15) is 46.5 Å². The van der Waals surface area contributed by atoms with Crippen LogP contribution >= 0.6 is 11.6 Å². The van der Waals surface area contributed by atoms with E-state index in [2.05, 4.69) is 30.6 Å². The summed E-state index contributed by atoms with van der Waals surface area (Å²) in [6.07, 6.45) is 5.48. The van der Waals surface area contributed by atoms with Crippen LogP contribution in [0.3, 0.4) is 0 Å². The molecule has 0 radical (unpaired) electrons. The largest absolute Gasteiger partial charge is 0.460 e. The molecule has 1 amide bonds. The van der Waals surface area contributed by atoms with Crippen LogP contribution in [0.5, 0.6) is 6.01 Å². The lowest BCUT2D eigenvalue weighted by Gasteiger charge is -2.29. The molecule has 2 aromatic heterocycles. The number of aromatic nitrogens is 4. The van der Waals surface area contributed by atoms with Crippen molar-refractivity contribution in [1.82, 2.24) is 25.3 Å². The standard InChI is InChI=1S/C23H26ClFN6O3/c1-23(2,3)34-22(32)30-13-4-7-15(8-5-13)33-21-26-11-18-19(31-21)20(28-12-27-18)29-14-6-9-17(25)16(24)10-14/h6,9-13,15H,4-5,7-8H2,1-3H3,(H,30,32)(H,27,28,29). The van der Waals surface area contributed by atoms with Crippen LogP contribution in [0.15, 0.2) is 30.7 Å². The first-order valence-corrected chi connectivity index (χ1v) is 11.4. The summed E-state index contributed by atoms with van der Waals surface area (Å²) < 4.78 is 24.8. The maximum Gasteiger partial charge on any atom is 0.407 e. The highest BCUT2D eigenvalue weighted by atomic mass is 35.5. The number of hydrogen-bond acceptors (Lipinski definition) is 8. The molecule has 1 aliphatic rings. The van der Waals surface area contributed by atoms with Crippen LogP contribution < -0.4 is 15.4 Å². The SMILES string of the molecule is CC(C)(C)OC(=O)NC1CCC(Oc2ncc3ncnc(Nc4ccc(F)c(Cl)c4)c3n2)CC1. The van der Waals surface area contributed by atoms with Crippen LogP contribution in [0, 0.1) is 5.82 Å². The van der Waals surface area contributed by atoms with Gasteiger partial charge in [0.05, 0.1) is 11.2 Å². The topological polar surface area (TPSA) is 111 Å². The maximum atomic E-state index is 13.5. The zero-order valence-corrected chi connectivity index (χ0v) is 19.9. The van der Waals surface area contributed by atoms with Gasteiger partial charge in [0.25, 0.3) is 0 Å². The van der Waals surface area contributed by atoms with Gasteiger partial charge in [-0.1, -0.05) is 11.6 Å². The molecular weight excluding hydrogens is 463 g/mol. The Bertz CT molecular complexity index is 1180. The van der Waals surface area contributed by atoms with E-state index in [1.54, 1.807) is 12.3 Å². The lowest BCUT2D eigenvalue weighted by Crippen LogP contribution is -2.42. The minimum Gasteiger partial charge on any atom is -0.460 e. The van der Waals surface area contributed by atoms with E-state index in [1.807, 2.05) is 20.8 Å². The molecule has 4 rings (SSSR count). The van der Waals surface area contributed by atoms with E-state index >= 15 is 0 Å². The third kappa shape index (κ3) is 6.19. The summed E-state index contributed by atoms with van der Waals surface area (Å²) in [7, 11) is 0. The molecule has 0 bridgehead atoms. The third-order valence-corrected chi connectivity index (χ3v) is 5.49. The van der Waals surface area contributed by atoms with Gasteiger partial charge in [0, 0.05) is 11.7 Å². The predicted octanol–water partition coefficient (Wildman–Crippen LogP) is 5.17. The van der Waals surface area contributed by atoms with E-state index in [1.165, 1.54) is 18.5 Å². The highest BCUT2D eigenvalue weighted by molar-refractivity contribution is 6.31. The van der Waals surface area contributed by atoms with Crippen molar-refractivity contribution >= 4 is 40.2 Å². The number of carbonyl (C=O) groups is 1. The molecule has 9 nitrogen and oxygen atoms in total. The molecule has 0 saturated heterocycles. The third-order valence-electron chi connectivity index (χ3n) is 5.20. The zero-order valence-electron chi connectivity index (χ0n) is 19.1. The first kappa shape index (κ1) is 23.9. The van der Waals surface area contributed by atoms with Gasteiger partial charge >= 0.3 is 12.1 Å². The monoisotopic (exact) mass is 488 g/mol. The minimum atomic E-state index is -0.530. The molecule has 11 heteroatoms. The van der Waals surface area contributed by atoms with Crippen LogP contribution in [0.2, 0.25) is 5.02 Å². The van der Waals surface area contributed by atoms with E-state index in [4.69, 9.17) is 21.1 Å². The van der Waals surface area contributed by atoms with Gasteiger partial charge in [-0.3, -0.25) is 0 Å². The Morgan fingerprint density at radius 2 is 1.91 bits per heavy atom. The van der Waals surface area contributed by atoms with Crippen LogP contribution in [0.4, 0.5) is 20.7 Å². The number of carbonyl (C=O) groups excluding carboxylic acids is 1. The number of rotatable bonds is 5. The zero-order chi connectivity index (χ0) is 24.3. The summed E-state index contributed by atoms with van der Waals surface area (Å²) in [6, 6.07) is 4.54. The maximum absolute atomic E-state index is 13.5. The number of fused-ring (bicyclic) bond motifs is 1. The quantitative estimate of drug-likeness (QED) is 0.506. The molecule has 0 unspecified atom stereocenters. The molecule has 34 heavy (non-hydrogen) atoms. The lowest BCUT2D eigenvalue weighted by atomic mass is 9.93. The molecule has 1 fully saturated rings. The molecule has 3 aromatic rings. The Morgan fingerprint density at radius 1 is 1.15 bits per heavy atom. The Morgan fingerprint density at radius 3 is 2.62 bits per heavy atom.